The van der Waals surface area contributed by atoms with Gasteiger partial charge in [-0.2, -0.15) is 5.10 Å². The van der Waals surface area contributed by atoms with E-state index in [-0.39, 0.29) is 18.0 Å². The number of rotatable bonds is 4. The van der Waals surface area contributed by atoms with Crippen molar-refractivity contribution in [1.29, 1.82) is 0 Å². The van der Waals surface area contributed by atoms with Crippen LogP contribution in [0.15, 0.2) is 24.3 Å². The Morgan fingerprint density at radius 3 is 2.54 bits per heavy atom. The zero-order chi connectivity index (χ0) is 17.9. The maximum atomic E-state index is 12.2. The Morgan fingerprint density at radius 1 is 1.25 bits per heavy atom. The molecule has 1 atom stereocenters. The number of nitrogens with zero attached hydrogens (tertiary/aromatic N) is 2. The maximum absolute atomic E-state index is 12.2. The molecule has 7 heteroatoms. The molecule has 0 radical (unpaired) electrons. The van der Waals surface area contributed by atoms with Gasteiger partial charge in [0, 0.05) is 36.6 Å². The van der Waals surface area contributed by atoms with Crippen LogP contribution in [0.4, 0.5) is 10.5 Å². The normalized spacial score (nSPS) is 11.7. The minimum atomic E-state index is -0.334. The van der Waals surface area contributed by atoms with Crippen molar-refractivity contribution in [2.24, 2.45) is 7.05 Å². The van der Waals surface area contributed by atoms with Gasteiger partial charge in [-0.15, -0.1) is 0 Å². The Bertz CT molecular complexity index is 766. The van der Waals surface area contributed by atoms with E-state index in [0.29, 0.717) is 11.3 Å². The molecule has 0 unspecified atom stereocenters. The highest BCUT2D eigenvalue weighted by Crippen LogP contribution is 2.20. The number of urea groups is 1. The summed E-state index contributed by atoms with van der Waals surface area (Å²) in [7, 11) is 3.44. The van der Waals surface area contributed by atoms with Crippen molar-refractivity contribution in [3.63, 3.8) is 0 Å². The van der Waals surface area contributed by atoms with E-state index in [1.54, 1.807) is 36.0 Å². The van der Waals surface area contributed by atoms with Crippen molar-refractivity contribution in [3.05, 3.63) is 46.8 Å². The van der Waals surface area contributed by atoms with Gasteiger partial charge in [0.1, 0.15) is 0 Å². The third-order valence-corrected chi connectivity index (χ3v) is 3.96. The van der Waals surface area contributed by atoms with E-state index >= 15 is 0 Å². The number of hydrogen-bond acceptors (Lipinski definition) is 3. The number of aromatic nitrogens is 2. The highest BCUT2D eigenvalue weighted by molar-refractivity contribution is 5.96. The number of benzene rings is 1. The van der Waals surface area contributed by atoms with E-state index < -0.39 is 0 Å². The number of aryl methyl sites for hydroxylation is 2. The van der Waals surface area contributed by atoms with Crippen molar-refractivity contribution in [3.8, 4) is 0 Å². The third kappa shape index (κ3) is 3.73. The van der Waals surface area contributed by atoms with Gasteiger partial charge in [-0.1, -0.05) is 6.07 Å². The summed E-state index contributed by atoms with van der Waals surface area (Å²) in [4.78, 5) is 23.9. The summed E-state index contributed by atoms with van der Waals surface area (Å²) >= 11 is 0. The van der Waals surface area contributed by atoms with Gasteiger partial charge in [0.15, 0.2) is 0 Å². The van der Waals surface area contributed by atoms with E-state index in [9.17, 15) is 9.59 Å². The molecule has 1 aromatic heterocycles. The lowest BCUT2D eigenvalue weighted by molar-refractivity contribution is 0.0963. The molecule has 1 aromatic carbocycles. The first kappa shape index (κ1) is 17.5. The smallest absolute Gasteiger partial charge is 0.319 e. The van der Waals surface area contributed by atoms with E-state index in [1.807, 2.05) is 27.8 Å². The Morgan fingerprint density at radius 2 is 1.96 bits per heavy atom. The van der Waals surface area contributed by atoms with Crippen molar-refractivity contribution in [2.45, 2.75) is 26.8 Å². The summed E-state index contributed by atoms with van der Waals surface area (Å²) in [5.74, 6) is -0.200. The van der Waals surface area contributed by atoms with Gasteiger partial charge in [-0.05, 0) is 39.0 Å². The van der Waals surface area contributed by atoms with Gasteiger partial charge >= 0.3 is 6.03 Å². The quantitative estimate of drug-likeness (QED) is 0.804. The second kappa shape index (κ2) is 7.16. The fourth-order valence-corrected chi connectivity index (χ4v) is 2.74. The predicted molar refractivity (Wildman–Crippen MR) is 93.1 cm³/mol. The Balaban J connectivity index is 2.07. The van der Waals surface area contributed by atoms with E-state index in [0.717, 1.165) is 17.0 Å². The lowest BCUT2D eigenvalue weighted by atomic mass is 10.1. The first-order valence-corrected chi connectivity index (χ1v) is 7.73. The molecule has 0 aliphatic carbocycles. The molecule has 0 bridgehead atoms. The molecular formula is C17H23N5O2. The fourth-order valence-electron chi connectivity index (χ4n) is 2.74. The largest absolute Gasteiger partial charge is 0.355 e. The first-order valence-electron chi connectivity index (χ1n) is 7.73. The van der Waals surface area contributed by atoms with Crippen LogP contribution < -0.4 is 16.0 Å². The molecule has 0 aliphatic heterocycles. The number of nitrogens with one attached hydrogen (secondary N) is 3. The van der Waals surface area contributed by atoms with Gasteiger partial charge in [0.05, 0.1) is 11.7 Å². The number of amides is 3. The van der Waals surface area contributed by atoms with Crippen LogP contribution in [0, 0.1) is 13.8 Å². The zero-order valence-corrected chi connectivity index (χ0v) is 14.6. The number of hydrogen-bond donors (Lipinski definition) is 3. The van der Waals surface area contributed by atoms with E-state index in [4.69, 9.17) is 0 Å². The summed E-state index contributed by atoms with van der Waals surface area (Å²) in [6.45, 7) is 5.81. The molecule has 2 aromatic rings. The van der Waals surface area contributed by atoms with Crippen LogP contribution in [0.5, 0.6) is 0 Å². The maximum Gasteiger partial charge on any atom is 0.319 e. The van der Waals surface area contributed by atoms with E-state index in [2.05, 4.69) is 21.0 Å². The van der Waals surface area contributed by atoms with Crippen molar-refractivity contribution in [1.82, 2.24) is 20.4 Å². The summed E-state index contributed by atoms with van der Waals surface area (Å²) in [6, 6.07) is 6.26. The topological polar surface area (TPSA) is 88.1 Å². The molecule has 0 saturated carbocycles. The van der Waals surface area contributed by atoms with Crippen molar-refractivity contribution >= 4 is 17.6 Å². The van der Waals surface area contributed by atoms with Crippen molar-refractivity contribution in [2.75, 3.05) is 12.4 Å². The van der Waals surface area contributed by atoms with Gasteiger partial charge in [0.25, 0.3) is 5.91 Å². The van der Waals surface area contributed by atoms with Crippen LogP contribution in [-0.2, 0) is 7.05 Å². The molecule has 24 heavy (non-hydrogen) atoms. The predicted octanol–water partition coefficient (Wildman–Crippen LogP) is 2.28. The zero-order valence-electron chi connectivity index (χ0n) is 14.6. The van der Waals surface area contributed by atoms with Crippen LogP contribution in [-0.4, -0.2) is 28.8 Å². The van der Waals surface area contributed by atoms with Crippen LogP contribution in [0.25, 0.3) is 0 Å². The van der Waals surface area contributed by atoms with Gasteiger partial charge < -0.3 is 16.0 Å². The molecule has 0 spiro atoms. The third-order valence-electron chi connectivity index (χ3n) is 3.96. The molecule has 7 nitrogen and oxygen atoms in total. The number of carbonyl (C=O) groups is 2. The first-order chi connectivity index (χ1) is 11.3. The standard InChI is InChI=1S/C17H23N5O2/c1-10(15-11(2)21-22(5)12(15)3)19-17(24)20-14-8-6-7-13(9-14)16(23)18-4/h6-10H,1-5H3,(H,18,23)(H2,19,20,24)/t10-/m1/s1. The SMILES string of the molecule is CNC(=O)c1cccc(NC(=O)N[C@H](C)c2c(C)nn(C)c2C)c1. The van der Waals surface area contributed by atoms with Crippen LogP contribution in [0.2, 0.25) is 0 Å². The molecule has 0 saturated heterocycles. The molecule has 3 amide bonds. The Kier molecular flexibility index (Phi) is 5.23. The minimum Gasteiger partial charge on any atom is -0.355 e. The highest BCUT2D eigenvalue weighted by atomic mass is 16.2. The highest BCUT2D eigenvalue weighted by Gasteiger charge is 2.18. The van der Waals surface area contributed by atoms with Crippen molar-refractivity contribution < 1.29 is 9.59 Å². The van der Waals surface area contributed by atoms with E-state index in [1.165, 1.54) is 0 Å². The Hall–Kier alpha value is -2.83. The second-order valence-electron chi connectivity index (χ2n) is 5.69. The molecule has 2 rings (SSSR count). The van der Waals surface area contributed by atoms with Gasteiger partial charge in [0.2, 0.25) is 0 Å². The Labute approximate surface area is 141 Å². The minimum absolute atomic E-state index is 0.180. The van der Waals surface area contributed by atoms with Crippen LogP contribution >= 0.6 is 0 Å². The van der Waals surface area contributed by atoms with Gasteiger partial charge in [-0.3, -0.25) is 9.48 Å². The molecule has 1 heterocycles. The number of anilines is 1. The monoisotopic (exact) mass is 329 g/mol. The van der Waals surface area contributed by atoms with Crippen LogP contribution in [0.1, 0.15) is 40.3 Å². The summed E-state index contributed by atoms with van der Waals surface area (Å²) < 4.78 is 1.80. The average Bonchev–Trinajstić information content (AvgIpc) is 2.79. The summed E-state index contributed by atoms with van der Waals surface area (Å²) in [6.07, 6.45) is 0. The molecule has 0 fully saturated rings. The van der Waals surface area contributed by atoms with Gasteiger partial charge in [-0.25, -0.2) is 4.79 Å². The summed E-state index contributed by atoms with van der Waals surface area (Å²) in [5.41, 5.74) is 3.96. The molecule has 3 N–H and O–H groups in total. The molecule has 128 valence electrons. The number of carbonyl (C=O) groups excluding carboxylic acids is 2. The average molecular weight is 329 g/mol. The second-order valence-corrected chi connectivity index (χ2v) is 5.69. The molecule has 0 aliphatic rings. The lowest BCUT2D eigenvalue weighted by Crippen LogP contribution is -2.31. The summed E-state index contributed by atoms with van der Waals surface area (Å²) in [5, 5.41) is 12.6. The fraction of sp³-hybridized carbons (Fsp3) is 0.353. The van der Waals surface area contributed by atoms with Crippen LogP contribution in [0.3, 0.4) is 0 Å². The molecular weight excluding hydrogens is 306 g/mol. The lowest BCUT2D eigenvalue weighted by Gasteiger charge is -2.16.